The van der Waals surface area contributed by atoms with Crippen LogP contribution in [0.3, 0.4) is 0 Å². The van der Waals surface area contributed by atoms with Gasteiger partial charge in [0.15, 0.2) is 0 Å². The number of benzene rings is 1. The van der Waals surface area contributed by atoms with E-state index in [9.17, 15) is 26.3 Å². The van der Waals surface area contributed by atoms with Crippen molar-refractivity contribution in [2.24, 2.45) is 0 Å². The number of alkyl halides is 6. The zero-order valence-corrected chi connectivity index (χ0v) is 11.5. The van der Waals surface area contributed by atoms with E-state index in [1.807, 2.05) is 6.92 Å². The fourth-order valence-electron chi connectivity index (χ4n) is 1.85. The molecular weight excluding hydrogens is 296 g/mol. The first kappa shape index (κ1) is 17.8. The van der Waals surface area contributed by atoms with Gasteiger partial charge < -0.3 is 5.32 Å². The van der Waals surface area contributed by atoms with E-state index in [0.29, 0.717) is 6.54 Å². The average Bonchev–Trinajstić information content (AvgIpc) is 2.36. The molecule has 0 heterocycles. The molecule has 0 unspecified atom stereocenters. The summed E-state index contributed by atoms with van der Waals surface area (Å²) >= 11 is 0. The van der Waals surface area contributed by atoms with Gasteiger partial charge in [-0.2, -0.15) is 26.3 Å². The van der Waals surface area contributed by atoms with Gasteiger partial charge in [0.1, 0.15) is 0 Å². The zero-order valence-electron chi connectivity index (χ0n) is 11.5. The lowest BCUT2D eigenvalue weighted by Crippen LogP contribution is -2.17. The van der Waals surface area contributed by atoms with E-state index >= 15 is 0 Å². The average molecular weight is 313 g/mol. The normalized spacial score (nSPS) is 12.7. The Hall–Kier alpha value is -1.24. The van der Waals surface area contributed by atoms with E-state index in [1.165, 1.54) is 0 Å². The summed E-state index contributed by atoms with van der Waals surface area (Å²) in [6.45, 7) is 2.55. The van der Waals surface area contributed by atoms with Crippen LogP contribution in [0.5, 0.6) is 0 Å². The first-order chi connectivity index (χ1) is 9.64. The molecule has 0 aliphatic heterocycles. The molecule has 0 saturated carbocycles. The number of unbranched alkanes of at least 4 members (excludes halogenated alkanes) is 2. The van der Waals surface area contributed by atoms with E-state index in [2.05, 4.69) is 5.32 Å². The molecule has 0 spiro atoms. The molecule has 1 N–H and O–H groups in total. The van der Waals surface area contributed by atoms with Crippen molar-refractivity contribution in [2.45, 2.75) is 45.1 Å². The maximum absolute atomic E-state index is 12.6. The lowest BCUT2D eigenvalue weighted by molar-refractivity contribution is -0.143. The van der Waals surface area contributed by atoms with E-state index in [-0.39, 0.29) is 18.2 Å². The lowest BCUT2D eigenvalue weighted by atomic mass is 10.0. The van der Waals surface area contributed by atoms with Gasteiger partial charge in [0.25, 0.3) is 0 Å². The maximum atomic E-state index is 12.6. The van der Waals surface area contributed by atoms with Crippen LogP contribution in [0.15, 0.2) is 18.2 Å². The Bertz CT molecular complexity index is 418. The smallest absolute Gasteiger partial charge is 0.313 e. The first-order valence-electron chi connectivity index (χ1n) is 6.63. The Labute approximate surface area is 119 Å². The highest BCUT2D eigenvalue weighted by molar-refractivity contribution is 5.33. The summed E-state index contributed by atoms with van der Waals surface area (Å²) in [5.41, 5.74) is -2.57. The van der Waals surface area contributed by atoms with Crippen molar-refractivity contribution in [1.29, 1.82) is 0 Å². The minimum Gasteiger partial charge on any atom is -0.313 e. The second-order valence-corrected chi connectivity index (χ2v) is 4.80. The van der Waals surface area contributed by atoms with Crippen LogP contribution in [0.25, 0.3) is 0 Å². The van der Waals surface area contributed by atoms with E-state index in [0.717, 1.165) is 31.4 Å². The Balaban J connectivity index is 2.88. The maximum Gasteiger partial charge on any atom is 0.416 e. The first-order valence-corrected chi connectivity index (χ1v) is 6.63. The number of halogens is 6. The lowest BCUT2D eigenvalue weighted by Gasteiger charge is -2.14. The van der Waals surface area contributed by atoms with Gasteiger partial charge in [0.05, 0.1) is 11.1 Å². The molecule has 0 saturated heterocycles. The van der Waals surface area contributed by atoms with Crippen LogP contribution in [0, 0.1) is 0 Å². The van der Waals surface area contributed by atoms with Crippen LogP contribution in [-0.4, -0.2) is 6.54 Å². The summed E-state index contributed by atoms with van der Waals surface area (Å²) in [6, 6.07) is 1.64. The van der Waals surface area contributed by atoms with Gasteiger partial charge >= 0.3 is 12.4 Å². The summed E-state index contributed by atoms with van der Waals surface area (Å²) in [6.07, 6.45) is -6.80. The number of hydrogen-bond donors (Lipinski definition) is 1. The fraction of sp³-hybridized carbons (Fsp3) is 0.571. The van der Waals surface area contributed by atoms with Gasteiger partial charge in [-0.25, -0.2) is 0 Å². The highest BCUT2D eigenvalue weighted by Gasteiger charge is 2.36. The number of nitrogens with one attached hydrogen (secondary N) is 1. The molecule has 1 aromatic carbocycles. The molecule has 0 fully saturated rings. The van der Waals surface area contributed by atoms with E-state index in [1.54, 1.807) is 0 Å². The van der Waals surface area contributed by atoms with Crippen molar-refractivity contribution in [3.8, 4) is 0 Å². The molecule has 120 valence electrons. The summed E-state index contributed by atoms with van der Waals surface area (Å²) in [7, 11) is 0. The summed E-state index contributed by atoms with van der Waals surface area (Å²) in [5, 5.41) is 2.86. The third-order valence-corrected chi connectivity index (χ3v) is 2.93. The van der Waals surface area contributed by atoms with Crippen LogP contribution in [-0.2, 0) is 18.9 Å². The summed E-state index contributed by atoms with van der Waals surface area (Å²) in [5.74, 6) is 0. The van der Waals surface area contributed by atoms with Crippen LogP contribution < -0.4 is 5.32 Å². The molecule has 1 nitrogen and oxygen atoms in total. The van der Waals surface area contributed by atoms with Crippen LogP contribution in [0.2, 0.25) is 0 Å². The van der Waals surface area contributed by atoms with Crippen molar-refractivity contribution in [3.05, 3.63) is 34.9 Å². The van der Waals surface area contributed by atoms with Crippen LogP contribution in [0.4, 0.5) is 26.3 Å². The molecule has 0 aromatic heterocycles. The Morgan fingerprint density at radius 2 is 1.38 bits per heavy atom. The molecule has 0 bridgehead atoms. The van der Waals surface area contributed by atoms with Gasteiger partial charge in [-0.1, -0.05) is 19.8 Å². The third kappa shape index (κ3) is 5.95. The third-order valence-electron chi connectivity index (χ3n) is 2.93. The summed E-state index contributed by atoms with van der Waals surface area (Å²) in [4.78, 5) is 0. The van der Waals surface area contributed by atoms with Gasteiger partial charge in [0.2, 0.25) is 0 Å². The number of hydrogen-bond acceptors (Lipinski definition) is 1. The Kier molecular flexibility index (Phi) is 6.07. The SMILES string of the molecule is CCCCCNCc1cc(C(F)(F)F)cc(C(F)(F)F)c1. The zero-order chi connectivity index (χ0) is 16.1. The highest BCUT2D eigenvalue weighted by Crippen LogP contribution is 2.36. The molecule has 1 rings (SSSR count). The van der Waals surface area contributed by atoms with Gasteiger partial charge in [-0.15, -0.1) is 0 Å². The molecule has 7 heteroatoms. The number of rotatable bonds is 6. The standard InChI is InChI=1S/C14H17F6N/c1-2-3-4-5-21-9-10-6-11(13(15,16)17)8-12(7-10)14(18,19)20/h6-8,21H,2-5,9H2,1H3. The van der Waals surface area contributed by atoms with Crippen molar-refractivity contribution < 1.29 is 26.3 Å². The van der Waals surface area contributed by atoms with Crippen molar-refractivity contribution in [2.75, 3.05) is 6.54 Å². The predicted molar refractivity (Wildman–Crippen MR) is 67.7 cm³/mol. The fourth-order valence-corrected chi connectivity index (χ4v) is 1.85. The minimum atomic E-state index is -4.79. The van der Waals surface area contributed by atoms with Crippen molar-refractivity contribution in [3.63, 3.8) is 0 Å². The van der Waals surface area contributed by atoms with Gasteiger partial charge in [0, 0.05) is 6.54 Å². The van der Waals surface area contributed by atoms with Gasteiger partial charge in [-0.05, 0) is 36.7 Å². The van der Waals surface area contributed by atoms with E-state index < -0.39 is 23.5 Å². The minimum absolute atomic E-state index is 0.0171. The molecule has 0 radical (unpaired) electrons. The van der Waals surface area contributed by atoms with E-state index in [4.69, 9.17) is 0 Å². The Morgan fingerprint density at radius 3 is 1.81 bits per heavy atom. The predicted octanol–water partition coefficient (Wildman–Crippen LogP) is 5.00. The topological polar surface area (TPSA) is 12.0 Å². The van der Waals surface area contributed by atoms with Gasteiger partial charge in [-0.3, -0.25) is 0 Å². The van der Waals surface area contributed by atoms with Crippen LogP contribution in [0.1, 0.15) is 42.9 Å². The largest absolute Gasteiger partial charge is 0.416 e. The molecule has 0 amide bonds. The summed E-state index contributed by atoms with van der Waals surface area (Å²) < 4.78 is 75.8. The molecule has 21 heavy (non-hydrogen) atoms. The highest BCUT2D eigenvalue weighted by atomic mass is 19.4. The molecule has 1 aromatic rings. The molecule has 0 atom stereocenters. The molecule has 0 aliphatic rings. The second-order valence-electron chi connectivity index (χ2n) is 4.80. The van der Waals surface area contributed by atoms with Crippen molar-refractivity contribution in [1.82, 2.24) is 5.32 Å². The molecular formula is C14H17F6N. The van der Waals surface area contributed by atoms with Crippen LogP contribution >= 0.6 is 0 Å². The molecule has 0 aliphatic carbocycles. The van der Waals surface area contributed by atoms with Crippen molar-refractivity contribution >= 4 is 0 Å². The Morgan fingerprint density at radius 1 is 0.857 bits per heavy atom. The quantitative estimate of drug-likeness (QED) is 0.575. The second kappa shape index (κ2) is 7.15. The monoisotopic (exact) mass is 313 g/mol.